The maximum atomic E-state index is 2.43. The molecule has 0 nitrogen and oxygen atoms in total. The fourth-order valence-corrected chi connectivity index (χ4v) is 2.27. The molecular weight excluding hydrogens is 314 g/mol. The molecule has 9 heavy (non-hydrogen) atoms. The zero-order chi connectivity index (χ0) is 5.56. The first-order chi connectivity index (χ1) is 3.86. The van der Waals surface area contributed by atoms with Gasteiger partial charge in [0.1, 0.15) is 0 Å². The molecule has 0 spiro atoms. The van der Waals surface area contributed by atoms with Crippen LogP contribution in [0.25, 0.3) is 0 Å². The summed E-state index contributed by atoms with van der Waals surface area (Å²) in [7, 11) is 0. The second-order valence-electron chi connectivity index (χ2n) is 2.43. The molecule has 0 aliphatic heterocycles. The Balaban J connectivity index is 0.000000405. The van der Waals surface area contributed by atoms with Crippen molar-refractivity contribution in [1.29, 1.82) is 0 Å². The first-order valence-electron chi connectivity index (χ1n) is 2.93. The molecular formula is C7H7IRh. The first kappa shape index (κ1) is 7.94. The van der Waals surface area contributed by atoms with Crippen molar-refractivity contribution in [3.63, 3.8) is 0 Å². The van der Waals surface area contributed by atoms with Gasteiger partial charge in [-0.2, -0.15) is 0 Å². The van der Waals surface area contributed by atoms with Crippen molar-refractivity contribution >= 4 is 22.6 Å². The number of fused-ring (bicyclic) bond motifs is 2. The summed E-state index contributed by atoms with van der Waals surface area (Å²) in [5, 5.41) is 0. The van der Waals surface area contributed by atoms with E-state index in [1.165, 1.54) is 22.8 Å². The quantitative estimate of drug-likeness (QED) is 0.475. The molecule has 0 aromatic carbocycles. The molecule has 51 valence electrons. The van der Waals surface area contributed by atoms with Gasteiger partial charge in [0, 0.05) is 23.1 Å². The molecule has 1 fully saturated rings. The first-order valence-corrected chi connectivity index (χ1v) is 4.01. The second-order valence-corrected chi connectivity index (χ2v) is 3.59. The predicted molar refractivity (Wildman–Crippen MR) is 43.0 cm³/mol. The molecule has 0 atom stereocenters. The molecule has 0 aromatic heterocycles. The van der Waals surface area contributed by atoms with Crippen molar-refractivity contribution in [3.05, 3.63) is 20.8 Å². The van der Waals surface area contributed by atoms with E-state index >= 15 is 0 Å². The molecule has 2 aliphatic rings. The Labute approximate surface area is 81.7 Å². The van der Waals surface area contributed by atoms with Crippen LogP contribution in [0.3, 0.4) is 0 Å². The Bertz CT molecular complexity index is 191. The zero-order valence-electron chi connectivity index (χ0n) is 4.91. The third kappa shape index (κ3) is 1.30. The van der Waals surface area contributed by atoms with Gasteiger partial charge in [0.05, 0.1) is 0 Å². The molecule has 0 saturated heterocycles. The minimum absolute atomic E-state index is 0. The summed E-state index contributed by atoms with van der Waals surface area (Å²) in [5.74, 6) is 0. The molecule has 0 aromatic rings. The molecule has 1 saturated carbocycles. The van der Waals surface area contributed by atoms with E-state index in [9.17, 15) is 0 Å². The van der Waals surface area contributed by atoms with Gasteiger partial charge in [0.2, 0.25) is 0 Å². The van der Waals surface area contributed by atoms with Crippen LogP contribution < -0.4 is 0 Å². The van der Waals surface area contributed by atoms with Gasteiger partial charge in [-0.25, -0.2) is 0 Å². The molecule has 2 aliphatic carbocycles. The SMILES string of the molecule is IC1=C2CCC(=C1)C2.[Rh]. The Morgan fingerprint density at radius 2 is 2.11 bits per heavy atom. The van der Waals surface area contributed by atoms with Gasteiger partial charge >= 0.3 is 0 Å². The van der Waals surface area contributed by atoms with Crippen LogP contribution in [0.5, 0.6) is 0 Å². The van der Waals surface area contributed by atoms with Gasteiger partial charge in [0.15, 0.2) is 0 Å². The van der Waals surface area contributed by atoms with Gasteiger partial charge in [0.25, 0.3) is 0 Å². The summed E-state index contributed by atoms with van der Waals surface area (Å²) in [6.45, 7) is 0. The molecule has 0 N–H and O–H groups in total. The molecule has 1 radical (unpaired) electrons. The van der Waals surface area contributed by atoms with Crippen LogP contribution in [0.15, 0.2) is 20.8 Å². The van der Waals surface area contributed by atoms with Crippen molar-refractivity contribution in [1.82, 2.24) is 0 Å². The molecule has 2 rings (SSSR count). The van der Waals surface area contributed by atoms with Crippen molar-refractivity contribution in [2.45, 2.75) is 19.3 Å². The van der Waals surface area contributed by atoms with E-state index in [0.29, 0.717) is 0 Å². The Kier molecular flexibility index (Phi) is 2.50. The Morgan fingerprint density at radius 1 is 1.33 bits per heavy atom. The molecule has 0 heterocycles. The van der Waals surface area contributed by atoms with E-state index < -0.39 is 0 Å². The van der Waals surface area contributed by atoms with Crippen molar-refractivity contribution < 1.29 is 19.5 Å². The minimum atomic E-state index is 0. The minimum Gasteiger partial charge on any atom is -0.0647 e. The van der Waals surface area contributed by atoms with Crippen molar-refractivity contribution in [2.24, 2.45) is 0 Å². The van der Waals surface area contributed by atoms with Gasteiger partial charge in [-0.05, 0) is 47.9 Å². The normalized spacial score (nSPS) is 22.1. The standard InChI is InChI=1S/C7H7I.Rh/c8-7-4-5-1-2-6(7)3-5;/h4H,1-3H2;. The number of rotatable bonds is 0. The predicted octanol–water partition coefficient (Wildman–Crippen LogP) is 2.80. The number of hydrogen-bond acceptors (Lipinski definition) is 0. The van der Waals surface area contributed by atoms with E-state index in [4.69, 9.17) is 0 Å². The van der Waals surface area contributed by atoms with E-state index in [1.54, 1.807) is 11.1 Å². The topological polar surface area (TPSA) is 0 Å². The van der Waals surface area contributed by atoms with Gasteiger partial charge < -0.3 is 0 Å². The van der Waals surface area contributed by atoms with Crippen molar-refractivity contribution in [3.8, 4) is 0 Å². The van der Waals surface area contributed by atoms with Crippen LogP contribution >= 0.6 is 22.6 Å². The maximum absolute atomic E-state index is 2.43. The number of halogens is 1. The number of allylic oxidation sites excluding steroid dienone is 4. The fourth-order valence-electron chi connectivity index (χ4n) is 1.37. The Morgan fingerprint density at radius 3 is 2.33 bits per heavy atom. The zero-order valence-corrected chi connectivity index (χ0v) is 8.71. The Hall–Kier alpha value is 0.833. The monoisotopic (exact) mass is 321 g/mol. The van der Waals surface area contributed by atoms with Crippen LogP contribution in [0.2, 0.25) is 0 Å². The van der Waals surface area contributed by atoms with Crippen LogP contribution in [-0.4, -0.2) is 0 Å². The summed E-state index contributed by atoms with van der Waals surface area (Å²) < 4.78 is 1.52. The van der Waals surface area contributed by atoms with E-state index in [-0.39, 0.29) is 19.5 Å². The maximum Gasteiger partial charge on any atom is 0.0125 e. The third-order valence-corrected chi connectivity index (χ3v) is 2.93. The van der Waals surface area contributed by atoms with Gasteiger partial charge in [-0.3, -0.25) is 0 Å². The average Bonchev–Trinajstić information content (AvgIpc) is 2.23. The van der Waals surface area contributed by atoms with Crippen molar-refractivity contribution in [2.75, 3.05) is 0 Å². The third-order valence-electron chi connectivity index (χ3n) is 1.86. The molecule has 2 bridgehead atoms. The molecule has 2 heteroatoms. The van der Waals surface area contributed by atoms with E-state index in [0.717, 1.165) is 0 Å². The summed E-state index contributed by atoms with van der Waals surface area (Å²) in [6.07, 6.45) is 6.34. The fraction of sp³-hybridized carbons (Fsp3) is 0.429. The smallest absolute Gasteiger partial charge is 0.0125 e. The van der Waals surface area contributed by atoms with Crippen LogP contribution in [-0.2, 0) is 19.5 Å². The van der Waals surface area contributed by atoms with Gasteiger partial charge in [-0.15, -0.1) is 0 Å². The van der Waals surface area contributed by atoms with Gasteiger partial charge in [-0.1, -0.05) is 11.1 Å². The van der Waals surface area contributed by atoms with Crippen LogP contribution in [0.4, 0.5) is 0 Å². The summed E-state index contributed by atoms with van der Waals surface area (Å²) in [5.41, 5.74) is 3.34. The largest absolute Gasteiger partial charge is 0.0647 e. The average molecular weight is 321 g/mol. The van der Waals surface area contributed by atoms with E-state index in [2.05, 4.69) is 28.7 Å². The summed E-state index contributed by atoms with van der Waals surface area (Å²) in [4.78, 5) is 0. The summed E-state index contributed by atoms with van der Waals surface area (Å²) in [6, 6.07) is 0. The van der Waals surface area contributed by atoms with Crippen LogP contribution in [0.1, 0.15) is 19.3 Å². The van der Waals surface area contributed by atoms with Crippen LogP contribution in [0, 0.1) is 0 Å². The number of hydrogen-bond donors (Lipinski definition) is 0. The molecule has 0 amide bonds. The van der Waals surface area contributed by atoms with E-state index in [1.807, 2.05) is 0 Å². The second kappa shape index (κ2) is 2.83. The summed E-state index contributed by atoms with van der Waals surface area (Å²) >= 11 is 2.43. The molecule has 0 unspecified atom stereocenters.